The Balaban J connectivity index is 2.89. The third kappa shape index (κ3) is 3.59. The molecule has 0 saturated heterocycles. The fourth-order valence-electron chi connectivity index (χ4n) is 1.22. The fraction of sp³-hybridized carbons (Fsp3) is 0.400. The Morgan fingerprint density at radius 2 is 1.87 bits per heavy atom. The zero-order valence-corrected chi connectivity index (χ0v) is 10.9. The number of alkyl halides is 1. The fourth-order valence-corrected chi connectivity index (χ4v) is 2.72. The van der Waals surface area contributed by atoms with E-state index in [1.54, 1.807) is 19.1 Å². The van der Waals surface area contributed by atoms with Crippen molar-refractivity contribution >= 4 is 26.0 Å². The van der Waals surface area contributed by atoms with E-state index in [4.69, 9.17) is 0 Å². The molecular formula is C10H14BrNO2S. The van der Waals surface area contributed by atoms with Gasteiger partial charge in [0.05, 0.1) is 4.90 Å². The number of hydrogen-bond donors (Lipinski definition) is 1. The first-order valence-electron chi connectivity index (χ1n) is 4.74. The van der Waals surface area contributed by atoms with E-state index >= 15 is 0 Å². The minimum Gasteiger partial charge on any atom is -0.211 e. The molecule has 3 nitrogen and oxygen atoms in total. The molecule has 5 heteroatoms. The molecule has 1 aromatic rings. The summed E-state index contributed by atoms with van der Waals surface area (Å²) in [5.74, 6) is 0. The molecule has 1 rings (SSSR count). The van der Waals surface area contributed by atoms with Crippen molar-refractivity contribution in [2.75, 3.05) is 11.9 Å². The predicted molar refractivity (Wildman–Crippen MR) is 64.8 cm³/mol. The van der Waals surface area contributed by atoms with Gasteiger partial charge in [0.25, 0.3) is 0 Å². The van der Waals surface area contributed by atoms with Crippen LogP contribution in [-0.2, 0) is 16.4 Å². The lowest BCUT2D eigenvalue weighted by Gasteiger charge is -2.05. The number of aryl methyl sites for hydroxylation is 1. The van der Waals surface area contributed by atoms with Crippen molar-refractivity contribution in [3.05, 3.63) is 29.8 Å². The maximum absolute atomic E-state index is 11.6. The molecular weight excluding hydrogens is 278 g/mol. The number of sulfonamides is 1. The van der Waals surface area contributed by atoms with E-state index < -0.39 is 10.0 Å². The average molecular weight is 292 g/mol. The molecule has 1 aromatic carbocycles. The molecule has 0 aliphatic heterocycles. The van der Waals surface area contributed by atoms with Crippen LogP contribution in [0.1, 0.15) is 12.5 Å². The molecule has 0 fully saturated rings. The van der Waals surface area contributed by atoms with Gasteiger partial charge >= 0.3 is 0 Å². The van der Waals surface area contributed by atoms with E-state index in [2.05, 4.69) is 20.7 Å². The topological polar surface area (TPSA) is 46.2 Å². The lowest BCUT2D eigenvalue weighted by molar-refractivity contribution is 0.584. The van der Waals surface area contributed by atoms with E-state index in [1.807, 2.05) is 12.1 Å². The van der Waals surface area contributed by atoms with Crippen molar-refractivity contribution in [2.24, 2.45) is 0 Å². The van der Waals surface area contributed by atoms with Gasteiger partial charge < -0.3 is 0 Å². The van der Waals surface area contributed by atoms with Crippen LogP contribution in [-0.4, -0.2) is 20.3 Å². The highest BCUT2D eigenvalue weighted by atomic mass is 79.9. The number of nitrogens with one attached hydrogen (secondary N) is 1. The summed E-state index contributed by atoms with van der Waals surface area (Å²) in [6.45, 7) is 2.17. The largest absolute Gasteiger partial charge is 0.240 e. The monoisotopic (exact) mass is 291 g/mol. The van der Waals surface area contributed by atoms with E-state index in [0.717, 1.165) is 17.3 Å². The minimum absolute atomic E-state index is 0.322. The van der Waals surface area contributed by atoms with Crippen LogP contribution in [0.3, 0.4) is 0 Å². The van der Waals surface area contributed by atoms with Crippen LogP contribution in [0, 0.1) is 0 Å². The van der Waals surface area contributed by atoms with Crippen molar-refractivity contribution in [1.82, 2.24) is 4.72 Å². The maximum atomic E-state index is 11.6. The van der Waals surface area contributed by atoms with Gasteiger partial charge in [-0.1, -0.05) is 35.0 Å². The number of halogens is 1. The third-order valence-corrected chi connectivity index (χ3v) is 3.91. The van der Waals surface area contributed by atoms with Crippen molar-refractivity contribution in [2.45, 2.75) is 18.2 Å². The Morgan fingerprint density at radius 1 is 1.27 bits per heavy atom. The summed E-state index contributed by atoms with van der Waals surface area (Å²) < 4.78 is 25.6. The Hall–Kier alpha value is -0.390. The minimum atomic E-state index is -3.30. The first-order valence-corrected chi connectivity index (χ1v) is 7.35. The average Bonchev–Trinajstić information content (AvgIpc) is 2.19. The summed E-state index contributed by atoms with van der Waals surface area (Å²) in [7, 11) is -3.30. The normalized spacial score (nSPS) is 11.6. The van der Waals surface area contributed by atoms with E-state index in [-0.39, 0.29) is 0 Å². The first kappa shape index (κ1) is 12.7. The van der Waals surface area contributed by atoms with E-state index in [1.165, 1.54) is 0 Å². The number of benzene rings is 1. The first-order chi connectivity index (χ1) is 7.10. The second-order valence-electron chi connectivity index (χ2n) is 3.08. The highest BCUT2D eigenvalue weighted by molar-refractivity contribution is 9.09. The van der Waals surface area contributed by atoms with Gasteiger partial charge in [0, 0.05) is 11.9 Å². The predicted octanol–water partition coefficient (Wildman–Crippen LogP) is 1.92. The second kappa shape index (κ2) is 5.63. The number of hydrogen-bond acceptors (Lipinski definition) is 2. The SMILES string of the molecule is CCNS(=O)(=O)c1ccc(CCBr)cc1. The molecule has 84 valence electrons. The Bertz CT molecular complexity index is 400. The lowest BCUT2D eigenvalue weighted by Crippen LogP contribution is -2.23. The molecule has 0 unspecified atom stereocenters. The summed E-state index contributed by atoms with van der Waals surface area (Å²) in [5.41, 5.74) is 1.13. The molecule has 0 heterocycles. The van der Waals surface area contributed by atoms with Crippen LogP contribution < -0.4 is 4.72 Å². The van der Waals surface area contributed by atoms with Crippen LogP contribution in [0.5, 0.6) is 0 Å². The van der Waals surface area contributed by atoms with E-state index in [0.29, 0.717) is 11.4 Å². The van der Waals surface area contributed by atoms with Crippen LogP contribution in [0.25, 0.3) is 0 Å². The molecule has 0 saturated carbocycles. The van der Waals surface area contributed by atoms with E-state index in [9.17, 15) is 8.42 Å². The Morgan fingerprint density at radius 3 is 2.33 bits per heavy atom. The van der Waals surface area contributed by atoms with Crippen molar-refractivity contribution in [3.63, 3.8) is 0 Å². The van der Waals surface area contributed by atoms with Gasteiger partial charge in [-0.05, 0) is 24.1 Å². The molecule has 0 aliphatic carbocycles. The zero-order valence-electron chi connectivity index (χ0n) is 8.53. The zero-order chi connectivity index (χ0) is 11.3. The smallest absolute Gasteiger partial charge is 0.211 e. The second-order valence-corrected chi connectivity index (χ2v) is 5.64. The maximum Gasteiger partial charge on any atom is 0.240 e. The Kier molecular flexibility index (Phi) is 4.76. The number of rotatable bonds is 5. The summed E-state index contributed by atoms with van der Waals surface area (Å²) in [5, 5.41) is 0.881. The van der Waals surface area contributed by atoms with Crippen LogP contribution in [0.2, 0.25) is 0 Å². The van der Waals surface area contributed by atoms with Crippen LogP contribution in [0.15, 0.2) is 29.2 Å². The quantitative estimate of drug-likeness (QED) is 0.843. The summed E-state index contributed by atoms with van der Waals surface area (Å²) in [4.78, 5) is 0.322. The molecule has 15 heavy (non-hydrogen) atoms. The summed E-state index contributed by atoms with van der Waals surface area (Å²) in [6.07, 6.45) is 0.904. The van der Waals surface area contributed by atoms with Crippen molar-refractivity contribution in [3.8, 4) is 0 Å². The molecule has 0 atom stereocenters. The molecule has 0 bridgehead atoms. The van der Waals surface area contributed by atoms with Gasteiger partial charge in [0.15, 0.2) is 0 Å². The molecule has 0 amide bonds. The standard InChI is InChI=1S/C10H14BrNO2S/c1-2-12-15(13,14)10-5-3-9(4-6-10)7-8-11/h3-6,12H,2,7-8H2,1H3. The van der Waals surface area contributed by atoms with Gasteiger partial charge in [0.1, 0.15) is 0 Å². The Labute approximate surface area is 99.1 Å². The van der Waals surface area contributed by atoms with Gasteiger partial charge in [-0.3, -0.25) is 0 Å². The molecule has 0 aromatic heterocycles. The van der Waals surface area contributed by atoms with Crippen LogP contribution >= 0.6 is 15.9 Å². The van der Waals surface area contributed by atoms with Gasteiger partial charge in [-0.25, -0.2) is 13.1 Å². The summed E-state index contributed by atoms with van der Waals surface area (Å²) in [6, 6.07) is 6.95. The molecule has 0 aliphatic rings. The molecule has 1 N–H and O–H groups in total. The highest BCUT2D eigenvalue weighted by Crippen LogP contribution is 2.11. The van der Waals surface area contributed by atoms with Gasteiger partial charge in [0.2, 0.25) is 10.0 Å². The molecule has 0 spiro atoms. The van der Waals surface area contributed by atoms with Gasteiger partial charge in [-0.15, -0.1) is 0 Å². The highest BCUT2D eigenvalue weighted by Gasteiger charge is 2.11. The van der Waals surface area contributed by atoms with Gasteiger partial charge in [-0.2, -0.15) is 0 Å². The van der Waals surface area contributed by atoms with Crippen molar-refractivity contribution in [1.29, 1.82) is 0 Å². The molecule has 0 radical (unpaired) electrons. The van der Waals surface area contributed by atoms with Crippen molar-refractivity contribution < 1.29 is 8.42 Å². The summed E-state index contributed by atoms with van der Waals surface area (Å²) >= 11 is 3.34. The lowest BCUT2D eigenvalue weighted by atomic mass is 10.2. The third-order valence-electron chi connectivity index (χ3n) is 1.95. The van der Waals surface area contributed by atoms with Crippen LogP contribution in [0.4, 0.5) is 0 Å².